The summed E-state index contributed by atoms with van der Waals surface area (Å²) in [6.07, 6.45) is 3.89. The molecule has 0 radical (unpaired) electrons. The quantitative estimate of drug-likeness (QED) is 0.534. The Morgan fingerprint density at radius 1 is 1.24 bits per heavy atom. The van der Waals surface area contributed by atoms with Gasteiger partial charge in [-0.05, 0) is 12.0 Å². The van der Waals surface area contributed by atoms with Crippen molar-refractivity contribution in [1.82, 2.24) is 29.7 Å². The summed E-state index contributed by atoms with van der Waals surface area (Å²) in [5.74, 6) is 0.200. The molecule has 0 bridgehead atoms. The number of nitrogens with one attached hydrogen (secondary N) is 1. The monoisotopic (exact) mass is 395 g/mol. The van der Waals surface area contributed by atoms with Gasteiger partial charge in [-0.25, -0.2) is 15.0 Å². The third kappa shape index (κ3) is 4.52. The minimum atomic E-state index is -0.895. The maximum atomic E-state index is 12.3. The van der Waals surface area contributed by atoms with Gasteiger partial charge in [0.1, 0.15) is 11.8 Å². The number of amides is 1. The number of imidazole rings is 1. The molecule has 1 saturated heterocycles. The summed E-state index contributed by atoms with van der Waals surface area (Å²) in [6, 6.07) is 10.2. The third-order valence-electron chi connectivity index (χ3n) is 5.28. The van der Waals surface area contributed by atoms with E-state index in [1.54, 1.807) is 10.9 Å². The van der Waals surface area contributed by atoms with Crippen LogP contribution in [-0.4, -0.2) is 60.7 Å². The van der Waals surface area contributed by atoms with Crippen LogP contribution in [0.25, 0.3) is 11.2 Å². The Morgan fingerprint density at radius 2 is 2.07 bits per heavy atom. The van der Waals surface area contributed by atoms with E-state index in [-0.39, 0.29) is 18.9 Å². The van der Waals surface area contributed by atoms with Crippen LogP contribution < -0.4 is 11.1 Å². The molecule has 1 aromatic carbocycles. The number of β-amino-alcohol motifs (C(OH)–C–C–N with tert-alkyl or cyclic N) is 1. The highest BCUT2D eigenvalue weighted by Gasteiger charge is 2.36. The first-order valence-electron chi connectivity index (χ1n) is 9.69. The Labute approximate surface area is 168 Å². The van der Waals surface area contributed by atoms with Crippen LogP contribution in [0, 0.1) is 0 Å². The molecule has 4 N–H and O–H groups in total. The predicted octanol–water partition coefficient (Wildman–Crippen LogP) is 0.552. The van der Waals surface area contributed by atoms with Gasteiger partial charge in [-0.15, -0.1) is 0 Å². The summed E-state index contributed by atoms with van der Waals surface area (Å²) < 4.78 is 1.78. The molecule has 1 fully saturated rings. The number of hydrogen-bond donors (Lipinski definition) is 3. The molecule has 9 nitrogen and oxygen atoms in total. The minimum Gasteiger partial charge on any atom is -0.387 e. The van der Waals surface area contributed by atoms with Crippen molar-refractivity contribution < 1.29 is 9.90 Å². The predicted molar refractivity (Wildman–Crippen MR) is 109 cm³/mol. The molecule has 0 aliphatic carbocycles. The molecule has 1 atom stereocenters. The van der Waals surface area contributed by atoms with Gasteiger partial charge in [0.15, 0.2) is 11.5 Å². The lowest BCUT2D eigenvalue weighted by Gasteiger charge is -2.24. The maximum absolute atomic E-state index is 12.3. The number of benzene rings is 1. The summed E-state index contributed by atoms with van der Waals surface area (Å²) in [5.41, 5.74) is 7.25. The van der Waals surface area contributed by atoms with Crippen LogP contribution >= 0.6 is 0 Å². The maximum Gasteiger partial charge on any atom is 0.221 e. The Balaban J connectivity index is 1.25. The molecule has 0 spiro atoms. The lowest BCUT2D eigenvalue weighted by molar-refractivity contribution is -0.122. The van der Waals surface area contributed by atoms with Gasteiger partial charge in [0.25, 0.3) is 0 Å². The SMILES string of the molecule is Nc1ncnc2c1ncn2CCC(=O)NCC1(O)CCN(Cc2ccccc2)C1. The van der Waals surface area contributed by atoms with Crippen molar-refractivity contribution in [3.63, 3.8) is 0 Å². The molecule has 1 unspecified atom stereocenters. The second-order valence-corrected chi connectivity index (χ2v) is 7.57. The van der Waals surface area contributed by atoms with Crippen LogP contribution in [0.1, 0.15) is 18.4 Å². The fourth-order valence-electron chi connectivity index (χ4n) is 3.70. The van der Waals surface area contributed by atoms with Crippen LogP contribution in [0.3, 0.4) is 0 Å². The normalized spacial score (nSPS) is 19.6. The summed E-state index contributed by atoms with van der Waals surface area (Å²) in [5, 5.41) is 13.7. The zero-order valence-electron chi connectivity index (χ0n) is 16.2. The number of nitrogens with zero attached hydrogens (tertiary/aromatic N) is 5. The molecule has 4 rings (SSSR count). The number of hydrogen-bond acceptors (Lipinski definition) is 7. The highest BCUT2D eigenvalue weighted by Crippen LogP contribution is 2.22. The van der Waals surface area contributed by atoms with E-state index in [1.807, 2.05) is 18.2 Å². The number of anilines is 1. The lowest BCUT2D eigenvalue weighted by atomic mass is 10.0. The van der Waals surface area contributed by atoms with Crippen LogP contribution in [0.15, 0.2) is 43.0 Å². The standard InChI is InChI=1S/C20H25N7O2/c21-18-17-19(24-13-23-18)27(14-25-17)8-6-16(28)22-11-20(29)7-9-26(12-20)10-15-4-2-1-3-5-15/h1-5,13-14,29H,6-12H2,(H,22,28)(H2,21,23,24). The van der Waals surface area contributed by atoms with Gasteiger partial charge in [-0.3, -0.25) is 9.69 Å². The molecule has 3 heterocycles. The molecular weight excluding hydrogens is 370 g/mol. The van der Waals surface area contributed by atoms with Gasteiger partial charge in [0.2, 0.25) is 5.91 Å². The van der Waals surface area contributed by atoms with Crippen LogP contribution in [0.2, 0.25) is 0 Å². The fourth-order valence-corrected chi connectivity index (χ4v) is 3.70. The third-order valence-corrected chi connectivity index (χ3v) is 5.28. The fraction of sp³-hybridized carbons (Fsp3) is 0.400. The van der Waals surface area contributed by atoms with Gasteiger partial charge >= 0.3 is 0 Å². The van der Waals surface area contributed by atoms with Crippen molar-refractivity contribution in [2.75, 3.05) is 25.4 Å². The number of likely N-dealkylation sites (tertiary alicyclic amines) is 1. The average molecular weight is 395 g/mol. The molecule has 0 saturated carbocycles. The molecule has 9 heteroatoms. The number of aromatic nitrogens is 4. The first-order chi connectivity index (χ1) is 14.0. The van der Waals surface area contributed by atoms with Gasteiger partial charge in [0, 0.05) is 39.1 Å². The van der Waals surface area contributed by atoms with Crippen molar-refractivity contribution in [3.05, 3.63) is 48.5 Å². The lowest BCUT2D eigenvalue weighted by Crippen LogP contribution is -2.45. The van der Waals surface area contributed by atoms with Gasteiger partial charge < -0.3 is 20.7 Å². The molecule has 152 valence electrons. The van der Waals surface area contributed by atoms with E-state index in [4.69, 9.17) is 5.73 Å². The molecule has 3 aromatic rings. The first-order valence-corrected chi connectivity index (χ1v) is 9.69. The summed E-state index contributed by atoms with van der Waals surface area (Å²) >= 11 is 0. The first kappa shape index (κ1) is 19.3. The van der Waals surface area contributed by atoms with Gasteiger partial charge in [-0.1, -0.05) is 30.3 Å². The van der Waals surface area contributed by atoms with E-state index >= 15 is 0 Å². The number of carbonyl (C=O) groups is 1. The molecular formula is C20H25N7O2. The van der Waals surface area contributed by atoms with Crippen molar-refractivity contribution in [3.8, 4) is 0 Å². The summed E-state index contributed by atoms with van der Waals surface area (Å²) in [4.78, 5) is 26.8. The van der Waals surface area contributed by atoms with Crippen molar-refractivity contribution in [2.45, 2.75) is 31.5 Å². The molecule has 1 aliphatic heterocycles. The molecule has 1 amide bonds. The zero-order valence-corrected chi connectivity index (χ0v) is 16.2. The summed E-state index contributed by atoms with van der Waals surface area (Å²) in [6.45, 7) is 2.83. The van der Waals surface area contributed by atoms with Crippen molar-refractivity contribution in [1.29, 1.82) is 0 Å². The van der Waals surface area contributed by atoms with Crippen molar-refractivity contribution >= 4 is 22.9 Å². The van der Waals surface area contributed by atoms with Gasteiger partial charge in [-0.2, -0.15) is 0 Å². The number of aryl methyl sites for hydroxylation is 1. The molecule has 2 aromatic heterocycles. The number of nitrogen functional groups attached to an aromatic ring is 1. The topological polar surface area (TPSA) is 122 Å². The van der Waals surface area contributed by atoms with E-state index in [1.165, 1.54) is 11.9 Å². The second-order valence-electron chi connectivity index (χ2n) is 7.57. The molecule has 1 aliphatic rings. The zero-order chi connectivity index (χ0) is 20.3. The van der Waals surface area contributed by atoms with E-state index in [0.29, 0.717) is 36.5 Å². The molecule has 29 heavy (non-hydrogen) atoms. The Morgan fingerprint density at radius 3 is 2.90 bits per heavy atom. The Hall–Kier alpha value is -3.04. The van der Waals surface area contributed by atoms with Crippen LogP contribution in [-0.2, 0) is 17.9 Å². The highest BCUT2D eigenvalue weighted by molar-refractivity contribution is 5.81. The van der Waals surface area contributed by atoms with E-state index < -0.39 is 5.60 Å². The number of carbonyl (C=O) groups excluding carboxylic acids is 1. The van der Waals surface area contributed by atoms with Gasteiger partial charge in [0.05, 0.1) is 11.9 Å². The van der Waals surface area contributed by atoms with Crippen molar-refractivity contribution in [2.24, 2.45) is 0 Å². The largest absolute Gasteiger partial charge is 0.387 e. The highest BCUT2D eigenvalue weighted by atomic mass is 16.3. The minimum absolute atomic E-state index is 0.121. The smallest absolute Gasteiger partial charge is 0.221 e. The Kier molecular flexibility index (Phi) is 5.41. The number of rotatable bonds is 7. The number of aliphatic hydroxyl groups is 1. The summed E-state index contributed by atoms with van der Waals surface area (Å²) in [7, 11) is 0. The number of fused-ring (bicyclic) bond motifs is 1. The van der Waals surface area contributed by atoms with E-state index in [9.17, 15) is 9.90 Å². The van der Waals surface area contributed by atoms with Crippen LogP contribution in [0.4, 0.5) is 5.82 Å². The van der Waals surface area contributed by atoms with E-state index in [2.05, 4.69) is 37.3 Å². The Bertz CT molecular complexity index is 991. The van der Waals surface area contributed by atoms with E-state index in [0.717, 1.165) is 13.1 Å². The second kappa shape index (κ2) is 8.14. The number of nitrogens with two attached hydrogens (primary N) is 1. The van der Waals surface area contributed by atoms with Crippen LogP contribution in [0.5, 0.6) is 0 Å². The average Bonchev–Trinajstić information content (AvgIpc) is 3.30.